The molecule has 2 aromatic rings. The molecule has 2 atom stereocenters. The summed E-state index contributed by atoms with van der Waals surface area (Å²) in [6, 6.07) is 13.7. The van der Waals surface area contributed by atoms with E-state index in [1.54, 1.807) is 25.1 Å². The van der Waals surface area contributed by atoms with Crippen molar-refractivity contribution in [2.75, 3.05) is 17.2 Å². The normalized spacial score (nSPS) is 13.4. The first-order valence-corrected chi connectivity index (χ1v) is 11.5. The van der Waals surface area contributed by atoms with Crippen LogP contribution in [0.4, 0.5) is 5.69 Å². The number of amides is 1. The van der Waals surface area contributed by atoms with Gasteiger partial charge in [-0.15, -0.1) is 0 Å². The molecule has 6 nitrogen and oxygen atoms in total. The number of carbonyl (C=O) groups excluding carboxylic acids is 1. The van der Waals surface area contributed by atoms with Crippen molar-refractivity contribution in [1.29, 1.82) is 0 Å². The molecule has 2 rings (SSSR count). The van der Waals surface area contributed by atoms with Gasteiger partial charge in [0.15, 0.2) is 0 Å². The number of aryl methyl sites for hydroxylation is 2. The lowest BCUT2D eigenvalue weighted by Gasteiger charge is -2.31. The maximum absolute atomic E-state index is 12.9. The minimum absolute atomic E-state index is 0.282. The summed E-state index contributed by atoms with van der Waals surface area (Å²) in [5.41, 5.74) is 2.42. The maximum Gasteiger partial charge on any atom is 0.244 e. The molecule has 0 spiro atoms. The van der Waals surface area contributed by atoms with Crippen LogP contribution in [-0.4, -0.2) is 39.3 Å². The molecule has 29 heavy (non-hydrogen) atoms. The Morgan fingerprint density at radius 3 is 2.41 bits per heavy atom. The van der Waals surface area contributed by atoms with Crippen LogP contribution in [0.15, 0.2) is 48.5 Å². The number of ether oxygens (including phenoxy) is 1. The first-order chi connectivity index (χ1) is 13.6. The zero-order chi connectivity index (χ0) is 21.6. The number of para-hydroxylation sites is 1. The molecule has 1 amide bonds. The Kier molecular flexibility index (Phi) is 7.67. The Hall–Kier alpha value is -2.54. The van der Waals surface area contributed by atoms with Crippen molar-refractivity contribution in [2.45, 2.75) is 46.2 Å². The van der Waals surface area contributed by atoms with Crippen molar-refractivity contribution in [2.24, 2.45) is 0 Å². The van der Waals surface area contributed by atoms with E-state index in [-0.39, 0.29) is 18.6 Å². The Labute approximate surface area is 173 Å². The van der Waals surface area contributed by atoms with Crippen LogP contribution in [0.3, 0.4) is 0 Å². The van der Waals surface area contributed by atoms with Gasteiger partial charge in [-0.25, -0.2) is 8.42 Å². The van der Waals surface area contributed by atoms with Crippen LogP contribution in [-0.2, 0) is 14.8 Å². The van der Waals surface area contributed by atoms with Crippen LogP contribution in [0, 0.1) is 13.8 Å². The summed E-state index contributed by atoms with van der Waals surface area (Å²) in [7, 11) is -3.65. The molecule has 0 aliphatic rings. The molecule has 0 bridgehead atoms. The highest BCUT2D eigenvalue weighted by Crippen LogP contribution is 2.23. The Balaban J connectivity index is 2.13. The molecule has 0 fully saturated rings. The molecule has 0 aromatic heterocycles. The molecule has 1 N–H and O–H groups in total. The minimum Gasteiger partial charge on any atom is -0.491 e. The van der Waals surface area contributed by atoms with Crippen molar-refractivity contribution in [3.8, 4) is 5.75 Å². The van der Waals surface area contributed by atoms with E-state index < -0.39 is 16.1 Å². The summed E-state index contributed by atoms with van der Waals surface area (Å²) in [5, 5.41) is 2.89. The zero-order valence-electron chi connectivity index (χ0n) is 17.7. The van der Waals surface area contributed by atoms with Gasteiger partial charge in [0.25, 0.3) is 0 Å². The summed E-state index contributed by atoms with van der Waals surface area (Å²) >= 11 is 0. The van der Waals surface area contributed by atoms with Crippen LogP contribution in [0.1, 0.15) is 31.4 Å². The molecule has 0 unspecified atom stereocenters. The van der Waals surface area contributed by atoms with Crippen molar-refractivity contribution in [3.63, 3.8) is 0 Å². The number of sulfonamides is 1. The Morgan fingerprint density at radius 1 is 1.14 bits per heavy atom. The number of benzene rings is 2. The van der Waals surface area contributed by atoms with E-state index >= 15 is 0 Å². The summed E-state index contributed by atoms with van der Waals surface area (Å²) in [6.45, 7) is 7.76. The van der Waals surface area contributed by atoms with E-state index in [2.05, 4.69) is 5.32 Å². The van der Waals surface area contributed by atoms with Crippen LogP contribution in [0.2, 0.25) is 0 Å². The van der Waals surface area contributed by atoms with Crippen LogP contribution in [0.5, 0.6) is 5.75 Å². The quantitative estimate of drug-likeness (QED) is 0.677. The van der Waals surface area contributed by atoms with Gasteiger partial charge in [-0.2, -0.15) is 0 Å². The number of rotatable bonds is 9. The molecule has 0 aliphatic heterocycles. The molecule has 158 valence electrons. The number of hydrogen-bond donors (Lipinski definition) is 1. The predicted molar refractivity (Wildman–Crippen MR) is 117 cm³/mol. The second kappa shape index (κ2) is 9.78. The average Bonchev–Trinajstić information content (AvgIpc) is 2.64. The van der Waals surface area contributed by atoms with Crippen molar-refractivity contribution in [3.05, 3.63) is 59.7 Å². The fraction of sp³-hybridized carbons (Fsp3) is 0.409. The lowest BCUT2D eigenvalue weighted by Crippen LogP contribution is -2.52. The van der Waals surface area contributed by atoms with Gasteiger partial charge in [0, 0.05) is 0 Å². The number of hydrogen-bond acceptors (Lipinski definition) is 4. The Bertz CT molecular complexity index is 943. The van der Waals surface area contributed by atoms with Crippen LogP contribution >= 0.6 is 0 Å². The molecule has 0 saturated heterocycles. The molecule has 0 saturated carbocycles. The fourth-order valence-corrected chi connectivity index (χ4v) is 4.34. The van der Waals surface area contributed by atoms with Gasteiger partial charge in [-0.1, -0.05) is 37.3 Å². The van der Waals surface area contributed by atoms with E-state index in [0.29, 0.717) is 12.1 Å². The molecule has 0 radical (unpaired) electrons. The second-order valence-corrected chi connectivity index (χ2v) is 9.17. The van der Waals surface area contributed by atoms with E-state index in [9.17, 15) is 13.2 Å². The fourth-order valence-electron chi connectivity index (χ4n) is 3.14. The number of carbonyl (C=O) groups is 1. The van der Waals surface area contributed by atoms with Gasteiger partial charge < -0.3 is 10.1 Å². The summed E-state index contributed by atoms with van der Waals surface area (Å²) in [5.74, 6) is 0.415. The third-order valence-corrected chi connectivity index (χ3v) is 5.74. The number of anilines is 1. The topological polar surface area (TPSA) is 75.7 Å². The third-order valence-electron chi connectivity index (χ3n) is 4.56. The van der Waals surface area contributed by atoms with E-state index in [0.717, 1.165) is 23.1 Å². The first-order valence-electron chi connectivity index (χ1n) is 9.68. The highest BCUT2D eigenvalue weighted by atomic mass is 32.2. The van der Waals surface area contributed by atoms with Crippen molar-refractivity contribution < 1.29 is 17.9 Å². The lowest BCUT2D eigenvalue weighted by atomic mass is 10.1. The van der Waals surface area contributed by atoms with Gasteiger partial charge in [0.05, 0.1) is 18.0 Å². The molecular weight excluding hydrogens is 388 g/mol. The van der Waals surface area contributed by atoms with Crippen LogP contribution in [0.25, 0.3) is 0 Å². The van der Waals surface area contributed by atoms with Crippen molar-refractivity contribution in [1.82, 2.24) is 5.32 Å². The third kappa shape index (κ3) is 6.22. The number of nitrogens with one attached hydrogen (secondary N) is 1. The van der Waals surface area contributed by atoms with Gasteiger partial charge in [0.1, 0.15) is 18.4 Å². The smallest absolute Gasteiger partial charge is 0.244 e. The van der Waals surface area contributed by atoms with Gasteiger partial charge in [0.2, 0.25) is 15.9 Å². The molecular formula is C22H30N2O4S. The molecule has 0 aliphatic carbocycles. The minimum atomic E-state index is -3.65. The first kappa shape index (κ1) is 22.7. The van der Waals surface area contributed by atoms with Gasteiger partial charge in [-0.3, -0.25) is 9.10 Å². The maximum atomic E-state index is 12.9. The predicted octanol–water partition coefficient (Wildman–Crippen LogP) is 3.43. The van der Waals surface area contributed by atoms with E-state index in [1.807, 2.05) is 51.1 Å². The van der Waals surface area contributed by atoms with Gasteiger partial charge >= 0.3 is 0 Å². The Morgan fingerprint density at radius 2 is 1.83 bits per heavy atom. The largest absolute Gasteiger partial charge is 0.491 e. The monoisotopic (exact) mass is 418 g/mol. The number of nitrogens with zero attached hydrogens (tertiary/aromatic N) is 1. The standard InChI is InChI=1S/C22H30N2O4S/c1-6-20(24(29(5,26)27)19-12-9-10-16(2)14-19)22(25)23-18(4)15-28-21-13-8-7-11-17(21)3/h7-14,18,20H,6,15H2,1-5H3,(H,23,25)/t18-,20+/m0/s1. The van der Waals surface area contributed by atoms with E-state index in [4.69, 9.17) is 4.74 Å². The summed E-state index contributed by atoms with van der Waals surface area (Å²) in [6.07, 6.45) is 1.47. The molecule has 7 heteroatoms. The molecule has 0 heterocycles. The highest BCUT2D eigenvalue weighted by molar-refractivity contribution is 7.92. The van der Waals surface area contributed by atoms with E-state index in [1.165, 1.54) is 4.31 Å². The second-order valence-electron chi connectivity index (χ2n) is 7.31. The lowest BCUT2D eigenvalue weighted by molar-refractivity contribution is -0.123. The SMILES string of the molecule is CC[C@H](C(=O)N[C@@H](C)COc1ccccc1C)N(c1cccc(C)c1)S(C)(=O)=O. The van der Waals surface area contributed by atoms with Crippen LogP contribution < -0.4 is 14.4 Å². The summed E-state index contributed by atoms with van der Waals surface area (Å²) in [4.78, 5) is 12.9. The van der Waals surface area contributed by atoms with Crippen molar-refractivity contribution >= 4 is 21.6 Å². The average molecular weight is 419 g/mol. The zero-order valence-corrected chi connectivity index (χ0v) is 18.5. The summed E-state index contributed by atoms with van der Waals surface area (Å²) < 4.78 is 32.0. The highest BCUT2D eigenvalue weighted by Gasteiger charge is 2.32. The molecule has 2 aromatic carbocycles. The van der Waals surface area contributed by atoms with Gasteiger partial charge in [-0.05, 0) is 56.5 Å².